The summed E-state index contributed by atoms with van der Waals surface area (Å²) in [6.45, 7) is 3.86. The molecule has 2 unspecified atom stereocenters. The van der Waals surface area contributed by atoms with Crippen LogP contribution in [-0.2, 0) is 19.6 Å². The minimum Gasteiger partial charge on any atom is -0.327 e. The van der Waals surface area contributed by atoms with E-state index in [-0.39, 0.29) is 11.7 Å². The molecule has 0 saturated heterocycles. The van der Waals surface area contributed by atoms with Crippen LogP contribution in [0.3, 0.4) is 0 Å². The number of amides is 1. The van der Waals surface area contributed by atoms with Gasteiger partial charge in [-0.1, -0.05) is 55.8 Å². The van der Waals surface area contributed by atoms with Gasteiger partial charge in [0.2, 0.25) is 0 Å². The van der Waals surface area contributed by atoms with Gasteiger partial charge in [0, 0.05) is 29.2 Å². The summed E-state index contributed by atoms with van der Waals surface area (Å²) in [7, 11) is 1.83. The van der Waals surface area contributed by atoms with Crippen molar-refractivity contribution in [2.24, 2.45) is 7.05 Å². The molecule has 0 saturated carbocycles. The van der Waals surface area contributed by atoms with Crippen LogP contribution in [0.2, 0.25) is 5.02 Å². The highest BCUT2D eigenvalue weighted by Gasteiger charge is 2.45. The van der Waals surface area contributed by atoms with E-state index in [1.165, 1.54) is 12.1 Å². The van der Waals surface area contributed by atoms with E-state index in [1.807, 2.05) is 39.1 Å². The summed E-state index contributed by atoms with van der Waals surface area (Å²) >= 11 is 6.26. The highest BCUT2D eigenvalue weighted by Crippen LogP contribution is 2.43. The number of nitrogens with zero attached hydrogens (tertiary/aromatic N) is 5. The normalized spacial score (nSPS) is 17.5. The van der Waals surface area contributed by atoms with E-state index in [9.17, 15) is 18.0 Å². The third kappa shape index (κ3) is 4.38. The lowest BCUT2D eigenvalue weighted by atomic mass is 9.87. The number of fused-ring (bicyclic) bond motifs is 1. The van der Waals surface area contributed by atoms with Gasteiger partial charge in [-0.25, -0.2) is 4.68 Å². The number of para-hydroxylation sites is 1. The number of carbonyl (C=O) groups excluding carboxylic acids is 1. The minimum absolute atomic E-state index is 0.231. The molecule has 10 heteroatoms. The van der Waals surface area contributed by atoms with Crippen LogP contribution < -0.4 is 0 Å². The second-order valence-corrected chi connectivity index (χ2v) is 9.84. The first-order valence-corrected chi connectivity index (χ1v) is 12.9. The maximum Gasteiger partial charge on any atom is 0.434 e. The van der Waals surface area contributed by atoms with E-state index >= 15 is 0 Å². The molecule has 0 bridgehead atoms. The molecule has 4 aromatic rings. The minimum atomic E-state index is -4.79. The van der Waals surface area contributed by atoms with E-state index < -0.39 is 29.4 Å². The molecule has 3 heterocycles. The van der Waals surface area contributed by atoms with Gasteiger partial charge >= 0.3 is 6.18 Å². The summed E-state index contributed by atoms with van der Waals surface area (Å²) in [5.41, 5.74) is 2.19. The number of aryl methyl sites for hydroxylation is 1. The number of benzene rings is 2. The van der Waals surface area contributed by atoms with Crippen molar-refractivity contribution < 1.29 is 18.0 Å². The third-order valence-corrected chi connectivity index (χ3v) is 7.36. The van der Waals surface area contributed by atoms with Gasteiger partial charge in [-0.2, -0.15) is 23.4 Å². The maximum absolute atomic E-state index is 14.4. The molecule has 2 aromatic carbocycles. The average Bonchev–Trinajstić information content (AvgIpc) is 3.49. The second kappa shape index (κ2) is 9.94. The number of alkyl halides is 3. The standard InChI is InChI=1S/C28H27ClF3N5O/c1-4-19-15-21-24(34-35(3)25(21)17-10-9-11-18(29)14-17)23(5-2)36(19)27(38)22-16-33-37(26(22)28(30,31)32)20-12-7-6-8-13-20/h6-14,16,19,23H,4-5,15H2,1-3H3. The topological polar surface area (TPSA) is 56.0 Å². The van der Waals surface area contributed by atoms with Crippen molar-refractivity contribution in [1.82, 2.24) is 24.5 Å². The van der Waals surface area contributed by atoms with Crippen molar-refractivity contribution >= 4 is 17.5 Å². The Kier molecular flexibility index (Phi) is 6.81. The van der Waals surface area contributed by atoms with Crippen molar-refractivity contribution in [3.8, 4) is 16.9 Å². The lowest BCUT2D eigenvalue weighted by Gasteiger charge is -2.41. The fraction of sp³-hybridized carbons (Fsp3) is 0.321. The Labute approximate surface area is 223 Å². The van der Waals surface area contributed by atoms with Gasteiger partial charge < -0.3 is 4.90 Å². The molecule has 0 aliphatic carbocycles. The number of hydrogen-bond acceptors (Lipinski definition) is 3. The molecule has 198 valence electrons. The number of carbonyl (C=O) groups is 1. The summed E-state index contributed by atoms with van der Waals surface area (Å²) < 4.78 is 45.7. The van der Waals surface area contributed by atoms with Gasteiger partial charge in [-0.15, -0.1) is 0 Å². The lowest BCUT2D eigenvalue weighted by Crippen LogP contribution is -2.47. The van der Waals surface area contributed by atoms with E-state index in [1.54, 1.807) is 33.8 Å². The van der Waals surface area contributed by atoms with Gasteiger partial charge in [-0.05, 0) is 43.5 Å². The molecule has 0 radical (unpaired) electrons. The van der Waals surface area contributed by atoms with Gasteiger partial charge in [0.05, 0.1) is 34.9 Å². The van der Waals surface area contributed by atoms with Crippen LogP contribution in [-0.4, -0.2) is 36.4 Å². The molecule has 1 amide bonds. The quantitative estimate of drug-likeness (QED) is 0.277. The molecule has 2 atom stereocenters. The van der Waals surface area contributed by atoms with Crippen LogP contribution in [0.4, 0.5) is 13.2 Å². The molecule has 2 aromatic heterocycles. The predicted molar refractivity (Wildman–Crippen MR) is 139 cm³/mol. The molecule has 0 fully saturated rings. The summed E-state index contributed by atoms with van der Waals surface area (Å²) in [5.74, 6) is -0.696. The Balaban J connectivity index is 1.62. The monoisotopic (exact) mass is 541 g/mol. The molecule has 0 N–H and O–H groups in total. The fourth-order valence-electron chi connectivity index (χ4n) is 5.49. The molecule has 6 nitrogen and oxygen atoms in total. The van der Waals surface area contributed by atoms with Crippen molar-refractivity contribution in [3.05, 3.63) is 88.3 Å². The van der Waals surface area contributed by atoms with Crippen LogP contribution >= 0.6 is 11.6 Å². The maximum atomic E-state index is 14.4. The fourth-order valence-corrected chi connectivity index (χ4v) is 5.69. The van der Waals surface area contributed by atoms with Crippen molar-refractivity contribution in [1.29, 1.82) is 0 Å². The first-order chi connectivity index (χ1) is 18.2. The SMILES string of the molecule is CCC1Cc2c(nn(C)c2-c2cccc(Cl)c2)C(CC)N1C(=O)c1cnn(-c2ccccc2)c1C(F)(F)F. The highest BCUT2D eigenvalue weighted by molar-refractivity contribution is 6.30. The Morgan fingerprint density at radius 3 is 2.45 bits per heavy atom. The summed E-state index contributed by atoms with van der Waals surface area (Å²) in [6.07, 6.45) is -2.22. The zero-order chi connectivity index (χ0) is 27.2. The van der Waals surface area contributed by atoms with Gasteiger partial charge in [0.15, 0.2) is 5.69 Å². The molecule has 38 heavy (non-hydrogen) atoms. The summed E-state index contributed by atoms with van der Waals surface area (Å²) in [4.78, 5) is 15.6. The van der Waals surface area contributed by atoms with Crippen molar-refractivity contribution in [3.63, 3.8) is 0 Å². The van der Waals surface area contributed by atoms with Crippen LogP contribution in [0.1, 0.15) is 60.0 Å². The predicted octanol–water partition coefficient (Wildman–Crippen LogP) is 6.87. The largest absolute Gasteiger partial charge is 0.434 e. The molecule has 1 aliphatic heterocycles. The van der Waals surface area contributed by atoms with Gasteiger partial charge in [0.25, 0.3) is 5.91 Å². The average molecular weight is 542 g/mol. The Hall–Kier alpha value is -3.59. The Morgan fingerprint density at radius 1 is 1.08 bits per heavy atom. The van der Waals surface area contributed by atoms with Crippen LogP contribution in [0.5, 0.6) is 0 Å². The van der Waals surface area contributed by atoms with Crippen molar-refractivity contribution in [2.75, 3.05) is 0 Å². The number of aromatic nitrogens is 4. The zero-order valence-corrected chi connectivity index (χ0v) is 22.0. The molecular weight excluding hydrogens is 515 g/mol. The number of rotatable bonds is 5. The van der Waals surface area contributed by atoms with E-state index in [4.69, 9.17) is 16.7 Å². The van der Waals surface area contributed by atoms with Gasteiger partial charge in [0.1, 0.15) is 0 Å². The number of halogens is 4. The molecule has 5 rings (SSSR count). The van der Waals surface area contributed by atoms with E-state index in [0.717, 1.165) is 27.7 Å². The summed E-state index contributed by atoms with van der Waals surface area (Å²) in [5, 5.41) is 9.36. The third-order valence-electron chi connectivity index (χ3n) is 7.12. The smallest absolute Gasteiger partial charge is 0.327 e. The lowest BCUT2D eigenvalue weighted by molar-refractivity contribution is -0.143. The second-order valence-electron chi connectivity index (χ2n) is 9.40. The number of hydrogen-bond donors (Lipinski definition) is 0. The zero-order valence-electron chi connectivity index (χ0n) is 21.2. The molecule has 1 aliphatic rings. The first kappa shape index (κ1) is 26.0. The van der Waals surface area contributed by atoms with E-state index in [0.29, 0.717) is 30.0 Å². The van der Waals surface area contributed by atoms with E-state index in [2.05, 4.69) is 5.10 Å². The van der Waals surface area contributed by atoms with Crippen molar-refractivity contribution in [2.45, 2.75) is 51.4 Å². The Bertz CT molecular complexity index is 1480. The Morgan fingerprint density at radius 2 is 1.82 bits per heavy atom. The van der Waals surface area contributed by atoms with Crippen LogP contribution in [0, 0.1) is 0 Å². The first-order valence-electron chi connectivity index (χ1n) is 12.5. The van der Waals surface area contributed by atoms with Crippen LogP contribution in [0.25, 0.3) is 16.9 Å². The highest BCUT2D eigenvalue weighted by atomic mass is 35.5. The summed E-state index contributed by atoms with van der Waals surface area (Å²) in [6, 6.07) is 14.7. The molecular formula is C28H27ClF3N5O. The molecule has 0 spiro atoms. The van der Waals surface area contributed by atoms with Crippen LogP contribution in [0.15, 0.2) is 60.8 Å². The van der Waals surface area contributed by atoms with Gasteiger partial charge in [-0.3, -0.25) is 9.48 Å².